The monoisotopic (exact) mass is 318 g/mol. The van der Waals surface area contributed by atoms with Crippen LogP contribution in [-0.4, -0.2) is 37.6 Å². The van der Waals surface area contributed by atoms with E-state index in [1.807, 2.05) is 23.1 Å². The normalized spacial score (nSPS) is 17.0. The van der Waals surface area contributed by atoms with Crippen molar-refractivity contribution in [1.29, 1.82) is 0 Å². The second-order valence-electron chi connectivity index (χ2n) is 6.74. The molecule has 2 N–H and O–H groups in total. The van der Waals surface area contributed by atoms with Gasteiger partial charge in [-0.15, -0.1) is 0 Å². The van der Waals surface area contributed by atoms with E-state index >= 15 is 0 Å². The average molecular weight is 318 g/mol. The Hall–Kier alpha value is -1.39. The number of hydrogen-bond acceptors (Lipinski definition) is 3. The van der Waals surface area contributed by atoms with Crippen molar-refractivity contribution in [2.45, 2.75) is 45.1 Å². The summed E-state index contributed by atoms with van der Waals surface area (Å²) in [5, 5.41) is 0. The Kier molecular flexibility index (Phi) is 7.06. The molecule has 4 heteroatoms. The molecule has 0 atom stereocenters. The summed E-state index contributed by atoms with van der Waals surface area (Å²) in [5.41, 5.74) is 7.21. The van der Waals surface area contributed by atoms with Crippen LogP contribution in [-0.2, 0) is 16.1 Å². The lowest BCUT2D eigenvalue weighted by Gasteiger charge is -2.37. The second kappa shape index (κ2) is 9.04. The van der Waals surface area contributed by atoms with Crippen molar-refractivity contribution in [3.8, 4) is 0 Å². The highest BCUT2D eigenvalue weighted by atomic mass is 16.5. The molecule has 4 nitrogen and oxygen atoms in total. The van der Waals surface area contributed by atoms with Crippen molar-refractivity contribution in [3.63, 3.8) is 0 Å². The van der Waals surface area contributed by atoms with Gasteiger partial charge < -0.3 is 15.4 Å². The summed E-state index contributed by atoms with van der Waals surface area (Å²) in [6.07, 6.45) is 6.40. The van der Waals surface area contributed by atoms with E-state index in [2.05, 4.69) is 12.1 Å². The fourth-order valence-electron chi connectivity index (χ4n) is 3.48. The van der Waals surface area contributed by atoms with Crippen molar-refractivity contribution in [2.24, 2.45) is 11.1 Å². The first-order valence-electron chi connectivity index (χ1n) is 8.70. The van der Waals surface area contributed by atoms with Gasteiger partial charge in [0.1, 0.15) is 0 Å². The number of benzene rings is 1. The Morgan fingerprint density at radius 3 is 2.52 bits per heavy atom. The molecule has 0 aliphatic heterocycles. The van der Waals surface area contributed by atoms with Crippen LogP contribution in [0.1, 0.15) is 44.1 Å². The van der Waals surface area contributed by atoms with E-state index in [0.717, 1.165) is 18.4 Å². The number of carbonyl (C=O) groups excluding carboxylic acids is 1. The molecule has 0 unspecified atom stereocenters. The van der Waals surface area contributed by atoms with Crippen LogP contribution in [0.15, 0.2) is 30.3 Å². The van der Waals surface area contributed by atoms with Gasteiger partial charge in [-0.25, -0.2) is 0 Å². The standard InChI is InChI=1S/C19H30N2O2/c1-23-13-12-21(15-17-8-4-2-5-9-17)18(22)14-19(16-20)10-6-3-7-11-19/h2,4-5,8-9H,3,6-7,10-16,20H2,1H3. The number of nitrogens with zero attached hydrogens (tertiary/aromatic N) is 1. The Morgan fingerprint density at radius 1 is 1.22 bits per heavy atom. The molecule has 0 bridgehead atoms. The lowest BCUT2D eigenvalue weighted by Crippen LogP contribution is -2.41. The predicted octanol–water partition coefficient (Wildman–Crippen LogP) is 2.96. The first-order valence-corrected chi connectivity index (χ1v) is 8.70. The summed E-state index contributed by atoms with van der Waals surface area (Å²) >= 11 is 0. The summed E-state index contributed by atoms with van der Waals surface area (Å²) in [6, 6.07) is 10.1. The van der Waals surface area contributed by atoms with E-state index in [4.69, 9.17) is 10.5 Å². The van der Waals surface area contributed by atoms with E-state index in [-0.39, 0.29) is 11.3 Å². The summed E-state index contributed by atoms with van der Waals surface area (Å²) in [7, 11) is 1.67. The fourth-order valence-corrected chi connectivity index (χ4v) is 3.48. The Morgan fingerprint density at radius 2 is 1.91 bits per heavy atom. The molecule has 0 spiro atoms. The van der Waals surface area contributed by atoms with Crippen LogP contribution in [0.2, 0.25) is 0 Å². The van der Waals surface area contributed by atoms with Gasteiger partial charge in [-0.1, -0.05) is 49.6 Å². The van der Waals surface area contributed by atoms with Gasteiger partial charge in [0.15, 0.2) is 0 Å². The zero-order valence-corrected chi connectivity index (χ0v) is 14.3. The number of hydrogen-bond donors (Lipinski definition) is 1. The van der Waals surface area contributed by atoms with E-state index in [0.29, 0.717) is 32.7 Å². The van der Waals surface area contributed by atoms with Gasteiger partial charge in [0.05, 0.1) is 6.61 Å². The second-order valence-corrected chi connectivity index (χ2v) is 6.74. The topological polar surface area (TPSA) is 55.6 Å². The van der Waals surface area contributed by atoms with Gasteiger partial charge in [0, 0.05) is 26.6 Å². The van der Waals surface area contributed by atoms with Crippen molar-refractivity contribution < 1.29 is 9.53 Å². The summed E-state index contributed by atoms with van der Waals surface area (Å²) in [4.78, 5) is 14.8. The maximum atomic E-state index is 12.9. The van der Waals surface area contributed by atoms with Crippen LogP contribution < -0.4 is 5.73 Å². The van der Waals surface area contributed by atoms with Crippen molar-refractivity contribution >= 4 is 5.91 Å². The third-order valence-electron chi connectivity index (χ3n) is 5.01. The number of nitrogens with two attached hydrogens (primary N) is 1. The fraction of sp³-hybridized carbons (Fsp3) is 0.632. The summed E-state index contributed by atoms with van der Waals surface area (Å²) in [5.74, 6) is 0.207. The third-order valence-corrected chi connectivity index (χ3v) is 5.01. The first kappa shape index (κ1) is 18.0. The molecule has 1 saturated carbocycles. The highest BCUT2D eigenvalue weighted by Gasteiger charge is 2.34. The van der Waals surface area contributed by atoms with E-state index < -0.39 is 0 Å². The molecule has 1 aromatic carbocycles. The minimum Gasteiger partial charge on any atom is -0.383 e. The molecular formula is C19H30N2O2. The van der Waals surface area contributed by atoms with Gasteiger partial charge in [-0.2, -0.15) is 0 Å². The zero-order chi connectivity index (χ0) is 16.5. The quantitative estimate of drug-likeness (QED) is 0.802. The molecule has 1 aliphatic rings. The molecule has 1 aliphatic carbocycles. The van der Waals surface area contributed by atoms with Gasteiger partial charge in [0.2, 0.25) is 5.91 Å². The largest absolute Gasteiger partial charge is 0.383 e. The molecule has 2 rings (SSSR count). The maximum Gasteiger partial charge on any atom is 0.223 e. The molecule has 0 aromatic heterocycles. The number of rotatable bonds is 8. The van der Waals surface area contributed by atoms with E-state index in [9.17, 15) is 4.79 Å². The van der Waals surface area contributed by atoms with Crippen molar-refractivity contribution in [2.75, 3.05) is 26.8 Å². The Labute approximate surface area is 140 Å². The van der Waals surface area contributed by atoms with Gasteiger partial charge >= 0.3 is 0 Å². The molecule has 0 heterocycles. The van der Waals surface area contributed by atoms with Crippen LogP contribution >= 0.6 is 0 Å². The SMILES string of the molecule is COCCN(Cc1ccccc1)C(=O)CC1(CN)CCCCC1. The molecule has 1 fully saturated rings. The minimum absolute atomic E-state index is 0.0113. The van der Waals surface area contributed by atoms with Crippen molar-refractivity contribution in [1.82, 2.24) is 4.90 Å². The van der Waals surface area contributed by atoms with Crippen LogP contribution in [0.5, 0.6) is 0 Å². The molecule has 0 saturated heterocycles. The van der Waals surface area contributed by atoms with Crippen LogP contribution in [0, 0.1) is 5.41 Å². The highest BCUT2D eigenvalue weighted by Crippen LogP contribution is 2.38. The van der Waals surface area contributed by atoms with E-state index in [1.54, 1.807) is 7.11 Å². The lowest BCUT2D eigenvalue weighted by molar-refractivity contribution is -0.135. The average Bonchev–Trinajstić information content (AvgIpc) is 2.60. The van der Waals surface area contributed by atoms with E-state index in [1.165, 1.54) is 19.3 Å². The van der Waals surface area contributed by atoms with Crippen molar-refractivity contribution in [3.05, 3.63) is 35.9 Å². The molecule has 1 amide bonds. The van der Waals surface area contributed by atoms with Crippen LogP contribution in [0.25, 0.3) is 0 Å². The maximum absolute atomic E-state index is 12.9. The molecule has 1 aromatic rings. The molecule has 23 heavy (non-hydrogen) atoms. The molecular weight excluding hydrogens is 288 g/mol. The molecule has 128 valence electrons. The zero-order valence-electron chi connectivity index (χ0n) is 14.3. The highest BCUT2D eigenvalue weighted by molar-refractivity contribution is 5.77. The number of methoxy groups -OCH3 is 1. The summed E-state index contributed by atoms with van der Waals surface area (Å²) in [6.45, 7) is 2.45. The van der Waals surface area contributed by atoms with Gasteiger partial charge in [-0.3, -0.25) is 4.79 Å². The lowest BCUT2D eigenvalue weighted by atomic mass is 9.71. The Bertz CT molecular complexity index is 470. The minimum atomic E-state index is 0.0113. The van der Waals surface area contributed by atoms with Gasteiger partial charge in [0.25, 0.3) is 0 Å². The van der Waals surface area contributed by atoms with Crippen LogP contribution in [0.4, 0.5) is 0 Å². The smallest absolute Gasteiger partial charge is 0.223 e. The number of ether oxygens (including phenoxy) is 1. The first-order chi connectivity index (χ1) is 11.2. The number of amides is 1. The summed E-state index contributed by atoms with van der Waals surface area (Å²) < 4.78 is 5.18. The Balaban J connectivity index is 2.03. The predicted molar refractivity (Wildman–Crippen MR) is 92.9 cm³/mol. The third kappa shape index (κ3) is 5.33. The van der Waals surface area contributed by atoms with Gasteiger partial charge in [-0.05, 0) is 30.4 Å². The number of carbonyl (C=O) groups is 1. The van der Waals surface area contributed by atoms with Crippen LogP contribution in [0.3, 0.4) is 0 Å². The molecule has 0 radical (unpaired) electrons.